The van der Waals surface area contributed by atoms with Crippen molar-refractivity contribution in [2.75, 3.05) is 46.3 Å². The first-order valence-corrected chi connectivity index (χ1v) is 22.0. The van der Waals surface area contributed by atoms with Gasteiger partial charge in [0.05, 0.1) is 42.9 Å². The predicted molar refractivity (Wildman–Crippen MR) is 192 cm³/mol. The molecule has 2 fully saturated rings. The molecule has 284 valence electrons. The summed E-state index contributed by atoms with van der Waals surface area (Å²) >= 11 is 0. The largest absolute Gasteiger partial charge is 0.491 e. The molecule has 3 aliphatic rings. The van der Waals surface area contributed by atoms with Crippen LogP contribution in [0.25, 0.3) is 0 Å². The Kier molecular flexibility index (Phi) is 12.3. The Morgan fingerprint density at radius 2 is 1.73 bits per heavy atom. The van der Waals surface area contributed by atoms with E-state index in [1.54, 1.807) is 6.07 Å². The summed E-state index contributed by atoms with van der Waals surface area (Å²) in [6.45, 7) is 15.9. The number of hydrogen-bond donors (Lipinski definition) is 2. The van der Waals surface area contributed by atoms with Crippen molar-refractivity contribution in [3.8, 4) is 17.2 Å². The second-order valence-corrected chi connectivity index (χ2v) is 22.2. The zero-order valence-corrected chi connectivity index (χ0v) is 32.6. The molecule has 1 unspecified atom stereocenters. The fourth-order valence-electron chi connectivity index (χ4n) is 6.51. The molecule has 51 heavy (non-hydrogen) atoms. The van der Waals surface area contributed by atoms with Gasteiger partial charge in [-0.05, 0) is 66.7 Å². The van der Waals surface area contributed by atoms with Crippen molar-refractivity contribution in [3.05, 3.63) is 48.0 Å². The van der Waals surface area contributed by atoms with Gasteiger partial charge in [-0.15, -0.1) is 0 Å². The molecule has 3 heterocycles. The third-order valence-corrected chi connectivity index (χ3v) is 16.7. The van der Waals surface area contributed by atoms with Gasteiger partial charge >= 0.3 is 6.09 Å². The van der Waals surface area contributed by atoms with Crippen LogP contribution in [0.5, 0.6) is 17.2 Å². The highest BCUT2D eigenvalue weighted by Crippen LogP contribution is 2.38. The number of ether oxygens (including phenoxy) is 5. The van der Waals surface area contributed by atoms with Crippen LogP contribution in [-0.2, 0) is 30.3 Å². The molecule has 0 aromatic heterocycles. The lowest BCUT2D eigenvalue weighted by Gasteiger charge is -2.39. The van der Waals surface area contributed by atoms with E-state index in [2.05, 4.69) is 33.9 Å². The van der Waals surface area contributed by atoms with Crippen molar-refractivity contribution in [1.82, 2.24) is 9.21 Å². The van der Waals surface area contributed by atoms with E-state index < -0.39 is 48.9 Å². The van der Waals surface area contributed by atoms with Crippen LogP contribution >= 0.6 is 0 Å². The lowest BCUT2D eigenvalue weighted by Crippen LogP contribution is -2.57. The summed E-state index contributed by atoms with van der Waals surface area (Å²) < 4.78 is 63.9. The summed E-state index contributed by atoms with van der Waals surface area (Å²) in [5.74, 6) is 1.11. The van der Waals surface area contributed by atoms with Gasteiger partial charge in [0.1, 0.15) is 12.4 Å². The quantitative estimate of drug-likeness (QED) is 0.173. The van der Waals surface area contributed by atoms with Crippen LogP contribution in [0, 0.1) is 11.8 Å². The minimum atomic E-state index is -4.13. The lowest BCUT2D eigenvalue weighted by molar-refractivity contribution is -0.0906. The Bertz CT molecular complexity index is 1600. The van der Waals surface area contributed by atoms with Crippen molar-refractivity contribution < 1.29 is 51.5 Å². The third-order valence-electron chi connectivity index (χ3n) is 10.3. The standard InChI is InChI=1S/C36H54N2O11SSi/c1-24(2)20-37(50(42,43)27-12-13-32-33(19-27)48-23-47-32)21-31(39)29(38(35(40)41)30-22-46-34-28(30)14-15-45-34)18-25-8-10-26(11-9-25)44-16-17-49-51(6,7)36(3,4)5/h8-13,19,24,28-31,34,39H,14-18,20-23H2,1-7H3,(H,40,41)/t28-,29-,30-,31?,34+/m0/s1. The number of hydrogen-bond acceptors (Lipinski definition) is 10. The van der Waals surface area contributed by atoms with E-state index in [0.717, 1.165) is 5.56 Å². The molecule has 0 bridgehead atoms. The van der Waals surface area contributed by atoms with Crippen molar-refractivity contribution in [1.29, 1.82) is 0 Å². The van der Waals surface area contributed by atoms with Crippen molar-refractivity contribution in [2.45, 2.75) is 95.0 Å². The molecule has 13 nitrogen and oxygen atoms in total. The summed E-state index contributed by atoms with van der Waals surface area (Å²) in [7, 11) is -6.03. The Labute approximate surface area is 302 Å². The first-order valence-electron chi connectivity index (χ1n) is 17.7. The molecule has 0 saturated carbocycles. The van der Waals surface area contributed by atoms with Crippen LogP contribution in [0.15, 0.2) is 47.4 Å². The zero-order valence-electron chi connectivity index (χ0n) is 30.7. The number of nitrogens with zero attached hydrogens (tertiary/aromatic N) is 2. The number of aliphatic hydroxyl groups excluding tert-OH is 1. The van der Waals surface area contributed by atoms with Gasteiger partial charge in [0.2, 0.25) is 16.8 Å². The summed E-state index contributed by atoms with van der Waals surface area (Å²) in [6.07, 6.45) is -2.40. The second kappa shape index (κ2) is 16.0. The van der Waals surface area contributed by atoms with Crippen molar-refractivity contribution >= 4 is 24.4 Å². The van der Waals surface area contributed by atoms with E-state index in [9.17, 15) is 23.4 Å². The van der Waals surface area contributed by atoms with E-state index in [0.29, 0.717) is 43.5 Å². The summed E-state index contributed by atoms with van der Waals surface area (Å²) in [6, 6.07) is 10.1. The monoisotopic (exact) mass is 750 g/mol. The van der Waals surface area contributed by atoms with E-state index in [1.807, 2.05) is 38.1 Å². The maximum absolute atomic E-state index is 14.1. The zero-order chi connectivity index (χ0) is 37.1. The fraction of sp³-hybridized carbons (Fsp3) is 0.639. The van der Waals surface area contributed by atoms with Crippen LogP contribution < -0.4 is 14.2 Å². The second-order valence-electron chi connectivity index (χ2n) is 15.5. The normalized spacial score (nSPS) is 21.6. The number of aliphatic hydroxyl groups is 1. The number of fused-ring (bicyclic) bond motifs is 2. The van der Waals surface area contributed by atoms with E-state index in [4.69, 9.17) is 28.1 Å². The lowest BCUT2D eigenvalue weighted by atomic mass is 9.93. The average Bonchev–Trinajstić information content (AvgIpc) is 3.81. The van der Waals surface area contributed by atoms with Gasteiger partial charge in [-0.2, -0.15) is 4.31 Å². The molecule has 2 N–H and O–H groups in total. The smallest absolute Gasteiger partial charge is 0.407 e. The maximum Gasteiger partial charge on any atom is 0.407 e. The number of amides is 1. The number of carboxylic acid groups (broad SMARTS) is 1. The molecule has 5 rings (SSSR count). The molecule has 15 heteroatoms. The predicted octanol–water partition coefficient (Wildman–Crippen LogP) is 5.18. The Hall–Kier alpha value is -2.92. The first-order chi connectivity index (χ1) is 24.0. The van der Waals surface area contributed by atoms with E-state index in [-0.39, 0.29) is 54.7 Å². The van der Waals surface area contributed by atoms with Gasteiger partial charge in [0, 0.05) is 25.1 Å². The van der Waals surface area contributed by atoms with Crippen molar-refractivity contribution in [2.24, 2.45) is 11.8 Å². The topological polar surface area (TPSA) is 154 Å². The average molecular weight is 751 g/mol. The van der Waals surface area contributed by atoms with E-state index in [1.165, 1.54) is 21.3 Å². The van der Waals surface area contributed by atoms with Gasteiger partial charge in [-0.1, -0.05) is 46.8 Å². The fourth-order valence-corrected chi connectivity index (χ4v) is 9.17. The number of carbonyl (C=O) groups is 1. The maximum atomic E-state index is 14.1. The summed E-state index contributed by atoms with van der Waals surface area (Å²) in [5.41, 5.74) is 0.752. The molecular formula is C36H54N2O11SSi. The van der Waals surface area contributed by atoms with Gasteiger partial charge in [0.15, 0.2) is 26.1 Å². The number of sulfonamides is 1. The van der Waals surface area contributed by atoms with Crippen LogP contribution in [0.1, 0.15) is 46.6 Å². The number of benzene rings is 2. The molecule has 0 aliphatic carbocycles. The summed E-state index contributed by atoms with van der Waals surface area (Å²) in [5, 5.41) is 22.8. The first kappa shape index (κ1) is 39.3. The highest BCUT2D eigenvalue weighted by molar-refractivity contribution is 7.89. The Balaban J connectivity index is 1.37. The molecule has 2 aromatic carbocycles. The minimum absolute atomic E-state index is 0.00353. The molecule has 2 aromatic rings. The summed E-state index contributed by atoms with van der Waals surface area (Å²) in [4.78, 5) is 14.3. The van der Waals surface area contributed by atoms with Gasteiger partial charge in [-0.3, -0.25) is 4.90 Å². The minimum Gasteiger partial charge on any atom is -0.491 e. The van der Waals surface area contributed by atoms with Crippen LogP contribution in [0.4, 0.5) is 4.79 Å². The Morgan fingerprint density at radius 3 is 2.39 bits per heavy atom. The number of rotatable bonds is 16. The molecule has 3 aliphatic heterocycles. The third kappa shape index (κ3) is 9.18. The van der Waals surface area contributed by atoms with Crippen LogP contribution in [0.3, 0.4) is 0 Å². The molecule has 0 radical (unpaired) electrons. The van der Waals surface area contributed by atoms with Crippen LogP contribution in [0.2, 0.25) is 18.1 Å². The molecule has 0 spiro atoms. The molecule has 2 saturated heterocycles. The van der Waals surface area contributed by atoms with Gasteiger partial charge in [-0.25, -0.2) is 13.2 Å². The molecular weight excluding hydrogens is 697 g/mol. The highest BCUT2D eigenvalue weighted by Gasteiger charge is 2.49. The van der Waals surface area contributed by atoms with E-state index >= 15 is 0 Å². The Morgan fingerprint density at radius 1 is 1.02 bits per heavy atom. The highest BCUT2D eigenvalue weighted by atomic mass is 32.2. The SMILES string of the molecule is CC(C)CN(CC(O)[C@H](Cc1ccc(OCCO[Si](C)(C)C(C)(C)C)cc1)N(C(=O)O)[C@H]1CO[C@H]2OCC[C@H]21)S(=O)(=O)c1ccc2c(c1)OCO2. The molecule has 5 atom stereocenters. The van der Waals surface area contributed by atoms with Gasteiger partial charge in [0.25, 0.3) is 0 Å². The molecule has 1 amide bonds. The van der Waals surface area contributed by atoms with Crippen molar-refractivity contribution in [3.63, 3.8) is 0 Å². The van der Waals surface area contributed by atoms with Gasteiger partial charge < -0.3 is 38.3 Å². The van der Waals surface area contributed by atoms with Crippen LogP contribution in [-0.4, -0.2) is 113 Å².